The summed E-state index contributed by atoms with van der Waals surface area (Å²) < 4.78 is 0. The summed E-state index contributed by atoms with van der Waals surface area (Å²) in [7, 11) is 0. The summed E-state index contributed by atoms with van der Waals surface area (Å²) in [5.41, 5.74) is 2.02. The van der Waals surface area contributed by atoms with Gasteiger partial charge in [0.1, 0.15) is 0 Å². The Hall–Kier alpha value is -0.850. The summed E-state index contributed by atoms with van der Waals surface area (Å²) >= 11 is 0. The van der Waals surface area contributed by atoms with Gasteiger partial charge in [-0.15, -0.1) is 0 Å². The molecule has 1 heteroatoms. The fourth-order valence-corrected chi connectivity index (χ4v) is 0.923. The zero-order chi connectivity index (χ0) is 11.1. The lowest BCUT2D eigenvalue weighted by Crippen LogP contribution is -1.96. The topological polar surface area (TPSA) is 12.4 Å². The molecule has 1 atom stereocenters. The average molecular weight is 193 g/mol. The monoisotopic (exact) mass is 193 g/mol. The molecule has 1 nitrogen and oxygen atoms in total. The van der Waals surface area contributed by atoms with Crippen molar-refractivity contribution in [2.24, 2.45) is 16.8 Å². The second kappa shape index (κ2) is 6.58. The van der Waals surface area contributed by atoms with Gasteiger partial charge in [0.15, 0.2) is 0 Å². The first-order valence-electron chi connectivity index (χ1n) is 5.38. The van der Waals surface area contributed by atoms with Gasteiger partial charge in [0.05, 0.1) is 0 Å². The molecule has 0 bridgehead atoms. The Bertz CT molecular complexity index is 223. The fraction of sp³-hybridized carbons (Fsp3) is 0.615. The molecule has 80 valence electrons. The quantitative estimate of drug-likeness (QED) is 0.560. The van der Waals surface area contributed by atoms with Crippen LogP contribution in [-0.2, 0) is 0 Å². The van der Waals surface area contributed by atoms with E-state index in [0.717, 1.165) is 17.7 Å². The standard InChI is InChI=1S/C13H23N/c1-7-11(4)8-13(6)14-9-12(5)10(2)3/h9-11H,5-8H2,1-4H3. The molecule has 0 fully saturated rings. The summed E-state index contributed by atoms with van der Waals surface area (Å²) in [6.07, 6.45) is 4.01. The molecule has 1 unspecified atom stereocenters. The largest absolute Gasteiger partial charge is 0.262 e. The van der Waals surface area contributed by atoms with Crippen molar-refractivity contribution in [3.8, 4) is 0 Å². The highest BCUT2D eigenvalue weighted by atomic mass is 14.7. The van der Waals surface area contributed by atoms with E-state index in [1.54, 1.807) is 0 Å². The minimum atomic E-state index is 0.468. The van der Waals surface area contributed by atoms with Crippen LogP contribution in [0.2, 0.25) is 0 Å². The minimum absolute atomic E-state index is 0.468. The maximum Gasteiger partial charge on any atom is 0.0334 e. The van der Waals surface area contributed by atoms with Crippen molar-refractivity contribution in [2.45, 2.75) is 40.5 Å². The summed E-state index contributed by atoms with van der Waals surface area (Å²) in [6.45, 7) is 16.5. The van der Waals surface area contributed by atoms with Crippen LogP contribution in [0.5, 0.6) is 0 Å². The second-order valence-electron chi connectivity index (χ2n) is 4.27. The zero-order valence-corrected chi connectivity index (χ0v) is 10.0. The van der Waals surface area contributed by atoms with Crippen LogP contribution in [0.15, 0.2) is 29.4 Å². The predicted molar refractivity (Wildman–Crippen MR) is 65.7 cm³/mol. The van der Waals surface area contributed by atoms with Gasteiger partial charge in [0, 0.05) is 11.9 Å². The van der Waals surface area contributed by atoms with E-state index >= 15 is 0 Å². The molecule has 14 heavy (non-hydrogen) atoms. The molecule has 0 spiro atoms. The fourth-order valence-electron chi connectivity index (χ4n) is 0.923. The molecule has 0 N–H and O–H groups in total. The summed E-state index contributed by atoms with van der Waals surface area (Å²) in [5, 5.41) is 0. The molecule has 0 aromatic carbocycles. The maximum absolute atomic E-state index is 4.31. The molecule has 0 aliphatic carbocycles. The van der Waals surface area contributed by atoms with Gasteiger partial charge in [0.25, 0.3) is 0 Å². The first kappa shape index (κ1) is 13.2. The molecular formula is C13H23N. The van der Waals surface area contributed by atoms with Crippen LogP contribution in [0.25, 0.3) is 0 Å². The van der Waals surface area contributed by atoms with Crippen molar-refractivity contribution in [2.75, 3.05) is 0 Å². The Kier molecular flexibility index (Phi) is 6.18. The van der Waals surface area contributed by atoms with E-state index in [2.05, 4.69) is 45.8 Å². The average Bonchev–Trinajstić information content (AvgIpc) is 2.13. The number of allylic oxidation sites excluding steroid dienone is 2. The van der Waals surface area contributed by atoms with Gasteiger partial charge in [0.2, 0.25) is 0 Å². The van der Waals surface area contributed by atoms with E-state index in [-0.39, 0.29) is 0 Å². The highest BCUT2D eigenvalue weighted by Gasteiger charge is 2.01. The van der Waals surface area contributed by atoms with Gasteiger partial charge in [-0.3, -0.25) is 4.99 Å². The van der Waals surface area contributed by atoms with E-state index < -0.39 is 0 Å². The smallest absolute Gasteiger partial charge is 0.0334 e. The molecule has 0 aliphatic heterocycles. The van der Waals surface area contributed by atoms with E-state index in [1.165, 1.54) is 6.42 Å². The third kappa shape index (κ3) is 5.74. The number of hydrogen-bond acceptors (Lipinski definition) is 1. The van der Waals surface area contributed by atoms with E-state index in [1.807, 2.05) is 6.21 Å². The van der Waals surface area contributed by atoms with Crippen LogP contribution in [0, 0.1) is 11.8 Å². The minimum Gasteiger partial charge on any atom is -0.262 e. The van der Waals surface area contributed by atoms with Gasteiger partial charge in [-0.1, -0.05) is 47.3 Å². The Morgan fingerprint density at radius 3 is 2.29 bits per heavy atom. The molecular weight excluding hydrogens is 170 g/mol. The van der Waals surface area contributed by atoms with Crippen LogP contribution < -0.4 is 0 Å². The zero-order valence-electron chi connectivity index (χ0n) is 10.0. The van der Waals surface area contributed by atoms with Crippen LogP contribution >= 0.6 is 0 Å². The summed E-state index contributed by atoms with van der Waals surface area (Å²) in [4.78, 5) is 4.31. The number of hydrogen-bond donors (Lipinski definition) is 0. The van der Waals surface area contributed by atoms with Crippen molar-refractivity contribution in [3.63, 3.8) is 0 Å². The molecule has 0 radical (unpaired) electrons. The molecule has 0 aromatic heterocycles. The first-order chi connectivity index (χ1) is 6.47. The number of rotatable bonds is 6. The van der Waals surface area contributed by atoms with Crippen molar-refractivity contribution in [3.05, 3.63) is 24.4 Å². The van der Waals surface area contributed by atoms with Gasteiger partial charge in [-0.25, -0.2) is 0 Å². The number of nitrogens with zero attached hydrogens (tertiary/aromatic N) is 1. The Morgan fingerprint density at radius 1 is 1.29 bits per heavy atom. The van der Waals surface area contributed by atoms with E-state index in [0.29, 0.717) is 11.8 Å². The highest BCUT2D eigenvalue weighted by Crippen LogP contribution is 2.14. The number of aliphatic imine (C=N–C) groups is 1. The molecule has 0 aliphatic rings. The van der Waals surface area contributed by atoms with Crippen molar-refractivity contribution >= 4 is 6.21 Å². The predicted octanol–water partition coefficient (Wildman–Crippen LogP) is 4.22. The van der Waals surface area contributed by atoms with Gasteiger partial charge >= 0.3 is 0 Å². The Labute approximate surface area is 88.6 Å². The van der Waals surface area contributed by atoms with E-state index in [4.69, 9.17) is 0 Å². The van der Waals surface area contributed by atoms with Crippen molar-refractivity contribution < 1.29 is 0 Å². The van der Waals surface area contributed by atoms with Crippen molar-refractivity contribution in [1.29, 1.82) is 0 Å². The van der Waals surface area contributed by atoms with Crippen LogP contribution in [-0.4, -0.2) is 6.21 Å². The normalized spacial score (nSPS) is 13.5. The molecule has 0 rings (SSSR count). The SMILES string of the molecule is C=C(CC(C)CC)N=CC(=C)C(C)C. The second-order valence-corrected chi connectivity index (χ2v) is 4.27. The van der Waals surface area contributed by atoms with Gasteiger partial charge in [-0.05, 0) is 23.8 Å². The Balaban J connectivity index is 4.00. The van der Waals surface area contributed by atoms with Crippen LogP contribution in [0.3, 0.4) is 0 Å². The molecule has 0 aromatic rings. The third-order valence-electron chi connectivity index (χ3n) is 2.44. The Morgan fingerprint density at radius 2 is 1.86 bits per heavy atom. The van der Waals surface area contributed by atoms with Gasteiger partial charge < -0.3 is 0 Å². The molecule has 0 amide bonds. The van der Waals surface area contributed by atoms with Crippen LogP contribution in [0.4, 0.5) is 0 Å². The van der Waals surface area contributed by atoms with Crippen LogP contribution in [0.1, 0.15) is 40.5 Å². The first-order valence-corrected chi connectivity index (χ1v) is 5.38. The van der Waals surface area contributed by atoms with Crippen molar-refractivity contribution in [1.82, 2.24) is 0 Å². The van der Waals surface area contributed by atoms with Gasteiger partial charge in [-0.2, -0.15) is 0 Å². The summed E-state index contributed by atoms with van der Waals surface area (Å²) in [6, 6.07) is 0. The third-order valence-corrected chi connectivity index (χ3v) is 2.44. The maximum atomic E-state index is 4.31. The lowest BCUT2D eigenvalue weighted by molar-refractivity contribution is 0.556. The molecule has 0 heterocycles. The molecule has 0 saturated heterocycles. The highest BCUT2D eigenvalue weighted by molar-refractivity contribution is 5.78. The summed E-state index contributed by atoms with van der Waals surface area (Å²) in [5.74, 6) is 1.14. The lowest BCUT2D eigenvalue weighted by Gasteiger charge is -2.07. The lowest BCUT2D eigenvalue weighted by atomic mass is 10.0. The van der Waals surface area contributed by atoms with E-state index in [9.17, 15) is 0 Å². The molecule has 0 saturated carbocycles.